The van der Waals surface area contributed by atoms with E-state index in [2.05, 4.69) is 10.3 Å². The molecule has 1 atom stereocenters. The van der Waals surface area contributed by atoms with Crippen LogP contribution < -0.4 is 5.32 Å². The normalized spacial score (nSPS) is 20.1. The van der Waals surface area contributed by atoms with Crippen LogP contribution in [-0.2, 0) is 11.3 Å². The van der Waals surface area contributed by atoms with Gasteiger partial charge in [0.2, 0.25) is 5.91 Å². The summed E-state index contributed by atoms with van der Waals surface area (Å²) in [6.07, 6.45) is 0. The maximum Gasteiger partial charge on any atom is 0.244 e. The van der Waals surface area contributed by atoms with Crippen LogP contribution >= 0.6 is 35.6 Å². The van der Waals surface area contributed by atoms with Crippen molar-refractivity contribution in [3.63, 3.8) is 0 Å². The second kappa shape index (κ2) is 5.82. The molecule has 0 spiro atoms. The number of hydrogen-bond donors (Lipinski definition) is 1. The minimum Gasteiger partial charge on any atom is -0.310 e. The zero-order chi connectivity index (χ0) is 13.1. The van der Waals surface area contributed by atoms with Crippen LogP contribution in [0.15, 0.2) is 29.3 Å². The number of thioether (sulfide) groups is 1. The van der Waals surface area contributed by atoms with E-state index in [9.17, 15) is 4.79 Å². The highest BCUT2D eigenvalue weighted by atomic mass is 35.5. The van der Waals surface area contributed by atoms with Crippen molar-refractivity contribution >= 4 is 51.5 Å². The number of hydrogen-bond acceptors (Lipinski definition) is 4. The number of amides is 1. The number of benzene rings is 1. The van der Waals surface area contributed by atoms with Crippen LogP contribution in [0.2, 0.25) is 5.02 Å². The first-order valence-corrected chi connectivity index (χ1v) is 7.00. The van der Waals surface area contributed by atoms with E-state index in [1.54, 1.807) is 0 Å². The number of carbonyl (C=O) groups is 1. The molecule has 94 valence electrons. The molecule has 1 aromatic carbocycles. The number of carbonyl (C=O) groups excluding carboxylic acids is 1. The lowest BCUT2D eigenvalue weighted by atomic mass is 10.2. The molecule has 1 saturated heterocycles. The number of rotatable bonds is 3. The fourth-order valence-electron chi connectivity index (χ4n) is 1.55. The van der Waals surface area contributed by atoms with E-state index >= 15 is 0 Å². The monoisotopic (exact) mass is 298 g/mol. The Balaban J connectivity index is 2.08. The van der Waals surface area contributed by atoms with Gasteiger partial charge in [0.25, 0.3) is 0 Å². The summed E-state index contributed by atoms with van der Waals surface area (Å²) < 4.78 is 0.511. The van der Waals surface area contributed by atoms with Gasteiger partial charge in [-0.15, -0.1) is 0 Å². The molecule has 0 aromatic heterocycles. The molecule has 18 heavy (non-hydrogen) atoms. The van der Waals surface area contributed by atoms with Crippen molar-refractivity contribution in [2.45, 2.75) is 18.7 Å². The Morgan fingerprint density at radius 1 is 1.56 bits per heavy atom. The highest BCUT2D eigenvalue weighted by Gasteiger charge is 2.31. The summed E-state index contributed by atoms with van der Waals surface area (Å²) in [5.74, 6) is -0.0922. The highest BCUT2D eigenvalue weighted by Crippen LogP contribution is 2.22. The van der Waals surface area contributed by atoms with Crippen molar-refractivity contribution in [3.8, 4) is 0 Å². The highest BCUT2D eigenvalue weighted by molar-refractivity contribution is 8.24. The molecule has 0 aliphatic carbocycles. The molecular formula is C12H11ClN2OS2. The third kappa shape index (κ3) is 3.10. The number of aliphatic imine (C=N–C) groups is 1. The summed E-state index contributed by atoms with van der Waals surface area (Å²) in [6.45, 7) is 2.31. The maximum atomic E-state index is 11.6. The largest absolute Gasteiger partial charge is 0.310 e. The van der Waals surface area contributed by atoms with Gasteiger partial charge >= 0.3 is 0 Å². The second-order valence-electron chi connectivity index (χ2n) is 3.82. The molecule has 1 amide bonds. The molecule has 0 bridgehead atoms. The molecule has 0 saturated carbocycles. The molecule has 1 unspecified atom stereocenters. The number of thiocarbonyl (C=S) groups is 1. The Kier molecular flexibility index (Phi) is 4.37. The SMILES string of the molecule is CC(=NCc1ccccc1Cl)C1SC(=S)NC1=O. The first-order valence-electron chi connectivity index (χ1n) is 5.34. The van der Waals surface area contributed by atoms with Gasteiger partial charge < -0.3 is 5.32 Å². The first kappa shape index (κ1) is 13.5. The molecule has 1 aromatic rings. The smallest absolute Gasteiger partial charge is 0.244 e. The molecule has 1 N–H and O–H groups in total. The van der Waals surface area contributed by atoms with Crippen molar-refractivity contribution < 1.29 is 4.79 Å². The molecule has 1 aliphatic heterocycles. The number of nitrogens with one attached hydrogen (secondary N) is 1. The van der Waals surface area contributed by atoms with Gasteiger partial charge in [0, 0.05) is 10.7 Å². The van der Waals surface area contributed by atoms with E-state index in [4.69, 9.17) is 23.8 Å². The summed E-state index contributed by atoms with van der Waals surface area (Å²) in [7, 11) is 0. The Bertz CT molecular complexity index is 531. The Labute approximate surface area is 120 Å². The van der Waals surface area contributed by atoms with E-state index in [0.717, 1.165) is 11.3 Å². The van der Waals surface area contributed by atoms with Crippen LogP contribution in [0.5, 0.6) is 0 Å². The molecule has 2 rings (SSSR count). The molecule has 3 nitrogen and oxygen atoms in total. The van der Waals surface area contributed by atoms with E-state index in [1.807, 2.05) is 31.2 Å². The predicted octanol–water partition coefficient (Wildman–Crippen LogP) is 2.82. The van der Waals surface area contributed by atoms with Gasteiger partial charge in [-0.25, -0.2) is 0 Å². The Hall–Kier alpha value is -0.910. The van der Waals surface area contributed by atoms with Gasteiger partial charge in [0.05, 0.1) is 6.54 Å². The molecule has 1 fully saturated rings. The van der Waals surface area contributed by atoms with Crippen molar-refractivity contribution in [2.24, 2.45) is 4.99 Å². The van der Waals surface area contributed by atoms with Gasteiger partial charge in [-0.2, -0.15) is 0 Å². The minimum atomic E-state index is -0.306. The maximum absolute atomic E-state index is 11.6. The number of halogens is 1. The lowest BCUT2D eigenvalue weighted by Crippen LogP contribution is -2.28. The van der Waals surface area contributed by atoms with Crippen molar-refractivity contribution in [2.75, 3.05) is 0 Å². The quantitative estimate of drug-likeness (QED) is 0.689. The van der Waals surface area contributed by atoms with Crippen LogP contribution in [0.25, 0.3) is 0 Å². The van der Waals surface area contributed by atoms with E-state index < -0.39 is 0 Å². The third-order valence-electron chi connectivity index (χ3n) is 2.52. The van der Waals surface area contributed by atoms with E-state index in [1.165, 1.54) is 11.8 Å². The Morgan fingerprint density at radius 2 is 2.28 bits per heavy atom. The van der Waals surface area contributed by atoms with Crippen molar-refractivity contribution in [3.05, 3.63) is 34.9 Å². The summed E-state index contributed by atoms with van der Waals surface area (Å²) >= 11 is 12.3. The molecule has 1 aliphatic rings. The lowest BCUT2D eigenvalue weighted by Gasteiger charge is -2.06. The van der Waals surface area contributed by atoms with Crippen molar-refractivity contribution in [1.82, 2.24) is 5.32 Å². The summed E-state index contributed by atoms with van der Waals surface area (Å²) in [4.78, 5) is 16.0. The lowest BCUT2D eigenvalue weighted by molar-refractivity contribution is -0.117. The first-order chi connectivity index (χ1) is 8.58. The second-order valence-corrected chi connectivity index (χ2v) is 6.01. The molecule has 1 heterocycles. The van der Waals surface area contributed by atoms with Gasteiger partial charge in [-0.05, 0) is 18.6 Å². The topological polar surface area (TPSA) is 41.5 Å². The average Bonchev–Trinajstić information content (AvgIpc) is 2.67. The van der Waals surface area contributed by atoms with Gasteiger partial charge in [-0.1, -0.05) is 53.8 Å². The average molecular weight is 299 g/mol. The van der Waals surface area contributed by atoms with E-state index in [0.29, 0.717) is 15.9 Å². The van der Waals surface area contributed by atoms with E-state index in [-0.39, 0.29) is 11.2 Å². The van der Waals surface area contributed by atoms with Gasteiger partial charge in [0.1, 0.15) is 9.57 Å². The van der Waals surface area contributed by atoms with Crippen molar-refractivity contribution in [1.29, 1.82) is 0 Å². The third-order valence-corrected chi connectivity index (χ3v) is 4.39. The zero-order valence-electron chi connectivity index (χ0n) is 9.64. The fraction of sp³-hybridized carbons (Fsp3) is 0.250. The van der Waals surface area contributed by atoms with Gasteiger partial charge in [-0.3, -0.25) is 9.79 Å². The zero-order valence-corrected chi connectivity index (χ0v) is 12.0. The van der Waals surface area contributed by atoms with Crippen LogP contribution in [0, 0.1) is 0 Å². The van der Waals surface area contributed by atoms with Gasteiger partial charge in [0.15, 0.2) is 0 Å². The standard InChI is InChI=1S/C12H11ClN2OS2/c1-7(10-11(16)15-12(17)18-10)14-6-8-4-2-3-5-9(8)13/h2-5,10H,6H2,1H3,(H,15,16,17). The minimum absolute atomic E-state index is 0.0922. The van der Waals surface area contributed by atoms with Crippen LogP contribution in [0.3, 0.4) is 0 Å². The predicted molar refractivity (Wildman–Crippen MR) is 80.4 cm³/mol. The Morgan fingerprint density at radius 3 is 2.89 bits per heavy atom. The van der Waals surface area contributed by atoms with Crippen LogP contribution in [-0.4, -0.2) is 21.2 Å². The summed E-state index contributed by atoms with van der Waals surface area (Å²) in [5.41, 5.74) is 1.71. The summed E-state index contributed by atoms with van der Waals surface area (Å²) in [5, 5.41) is 2.99. The number of nitrogens with zero attached hydrogens (tertiary/aromatic N) is 1. The van der Waals surface area contributed by atoms with Crippen LogP contribution in [0.1, 0.15) is 12.5 Å². The molecular weight excluding hydrogens is 288 g/mol. The molecule has 6 heteroatoms. The molecule has 0 radical (unpaired) electrons. The van der Waals surface area contributed by atoms with Crippen LogP contribution in [0.4, 0.5) is 0 Å². The summed E-state index contributed by atoms with van der Waals surface area (Å²) in [6, 6.07) is 7.54. The fourth-order valence-corrected chi connectivity index (χ4v) is 2.92.